The summed E-state index contributed by atoms with van der Waals surface area (Å²) in [5, 5.41) is 21.5. The van der Waals surface area contributed by atoms with Crippen LogP contribution in [0.4, 0.5) is 0 Å². The zero-order valence-electron chi connectivity index (χ0n) is 22.6. The highest BCUT2D eigenvalue weighted by molar-refractivity contribution is 7.91. The van der Waals surface area contributed by atoms with Gasteiger partial charge in [-0.05, 0) is 72.5 Å². The maximum Gasteiger partial charge on any atom is 0.341 e. The van der Waals surface area contributed by atoms with E-state index in [9.17, 15) is 23.4 Å². The summed E-state index contributed by atoms with van der Waals surface area (Å²) < 4.78 is 31.4. The van der Waals surface area contributed by atoms with Gasteiger partial charge in [0, 0.05) is 24.7 Å². The Balaban J connectivity index is 1.48. The Bertz CT molecular complexity index is 1580. The van der Waals surface area contributed by atoms with Crippen LogP contribution >= 0.6 is 11.6 Å². The topological polar surface area (TPSA) is 104 Å². The number of benzene rings is 4. The van der Waals surface area contributed by atoms with E-state index in [1.807, 2.05) is 42.5 Å². The molecule has 2 N–H and O–H groups in total. The van der Waals surface area contributed by atoms with Crippen molar-refractivity contribution in [3.05, 3.63) is 124 Å². The van der Waals surface area contributed by atoms with Gasteiger partial charge in [0.05, 0.1) is 22.5 Å². The number of halogens is 1. The predicted octanol–water partition coefficient (Wildman–Crippen LogP) is 5.83. The summed E-state index contributed by atoms with van der Waals surface area (Å²) in [6, 6.07) is 27.3. The Morgan fingerprint density at radius 2 is 1.61 bits per heavy atom. The minimum Gasteiger partial charge on any atom is -0.507 e. The summed E-state index contributed by atoms with van der Waals surface area (Å²) in [7, 11) is -3.94. The van der Waals surface area contributed by atoms with Gasteiger partial charge < -0.3 is 14.9 Å². The van der Waals surface area contributed by atoms with Gasteiger partial charge in [0.25, 0.3) is 0 Å². The van der Waals surface area contributed by atoms with Gasteiger partial charge in [-0.15, -0.1) is 0 Å². The van der Waals surface area contributed by atoms with Gasteiger partial charge in [-0.3, -0.25) is 4.90 Å². The number of phenols is 1. The monoisotopic (exact) mass is 593 g/mol. The zero-order valence-corrected chi connectivity index (χ0v) is 24.2. The molecule has 0 radical (unpaired) electrons. The molecule has 0 heterocycles. The molecule has 7 nitrogen and oxygen atoms in total. The van der Waals surface area contributed by atoms with Gasteiger partial charge in [-0.2, -0.15) is 0 Å². The Morgan fingerprint density at radius 1 is 0.902 bits per heavy atom. The molecule has 4 rings (SSSR count). The van der Waals surface area contributed by atoms with Gasteiger partial charge in [0.2, 0.25) is 9.84 Å². The molecule has 0 spiro atoms. The first kappa shape index (κ1) is 30.3. The molecule has 1 atom stereocenters. The number of rotatable bonds is 12. The van der Waals surface area contributed by atoms with Crippen molar-refractivity contribution < 1.29 is 28.2 Å². The first-order valence-corrected chi connectivity index (χ1v) is 15.1. The van der Waals surface area contributed by atoms with E-state index in [0.717, 1.165) is 22.8 Å². The number of esters is 1. The van der Waals surface area contributed by atoms with E-state index in [0.29, 0.717) is 31.1 Å². The van der Waals surface area contributed by atoms with Crippen LogP contribution in [-0.4, -0.2) is 49.2 Å². The number of ether oxygens (including phenoxy) is 1. The first-order valence-electron chi connectivity index (χ1n) is 13.2. The second-order valence-corrected chi connectivity index (χ2v) is 12.0. The fourth-order valence-electron chi connectivity index (χ4n) is 4.45. The predicted molar refractivity (Wildman–Crippen MR) is 158 cm³/mol. The molecule has 0 unspecified atom stereocenters. The van der Waals surface area contributed by atoms with E-state index >= 15 is 0 Å². The average molecular weight is 594 g/mol. The quantitative estimate of drug-likeness (QED) is 0.199. The minimum atomic E-state index is -3.94. The number of hydrogen-bond acceptors (Lipinski definition) is 7. The third kappa shape index (κ3) is 7.95. The lowest BCUT2D eigenvalue weighted by Gasteiger charge is -2.25. The van der Waals surface area contributed by atoms with Crippen LogP contribution in [0.1, 0.15) is 40.1 Å². The van der Waals surface area contributed by atoms with E-state index in [1.54, 1.807) is 31.2 Å². The SMILES string of the molecule is CCOC(=O)c1cc(S(=O)(=O)c2ccc(CCN(Cc3ccccc3)C[C@H](O)c3cccc(Cl)c3)cc2)ccc1O. The Morgan fingerprint density at radius 3 is 2.29 bits per heavy atom. The van der Waals surface area contributed by atoms with Gasteiger partial charge in [-0.25, -0.2) is 13.2 Å². The van der Waals surface area contributed by atoms with E-state index in [4.69, 9.17) is 16.3 Å². The molecule has 0 saturated carbocycles. The molecule has 0 aliphatic carbocycles. The van der Waals surface area contributed by atoms with Crippen molar-refractivity contribution in [3.63, 3.8) is 0 Å². The molecule has 0 fully saturated rings. The van der Waals surface area contributed by atoms with Crippen molar-refractivity contribution >= 4 is 27.4 Å². The summed E-state index contributed by atoms with van der Waals surface area (Å²) in [4.78, 5) is 14.2. The molecule has 0 saturated heterocycles. The summed E-state index contributed by atoms with van der Waals surface area (Å²) >= 11 is 6.12. The van der Waals surface area contributed by atoms with Gasteiger partial charge in [0.1, 0.15) is 11.3 Å². The first-order chi connectivity index (χ1) is 19.7. The molecule has 4 aromatic carbocycles. The number of sulfone groups is 1. The van der Waals surface area contributed by atoms with Crippen LogP contribution in [0.15, 0.2) is 107 Å². The highest BCUT2D eigenvalue weighted by Crippen LogP contribution is 2.27. The second-order valence-electron chi connectivity index (χ2n) is 9.59. The standard InChI is InChI=1S/C32H32ClNO6S/c1-2-40-32(37)29-20-28(15-16-30(29)35)41(38,39)27-13-11-23(12-14-27)17-18-34(21-24-7-4-3-5-8-24)22-31(36)25-9-6-10-26(33)19-25/h3-16,19-20,31,35-36H,2,17-18,21-22H2,1H3/t31-/m0/s1. The lowest BCUT2D eigenvalue weighted by atomic mass is 10.1. The Labute approximate surface area is 245 Å². The average Bonchev–Trinajstić information content (AvgIpc) is 2.97. The van der Waals surface area contributed by atoms with Crippen molar-refractivity contribution in [2.75, 3.05) is 19.7 Å². The second kappa shape index (κ2) is 13.8. The number of aliphatic hydroxyl groups excluding tert-OH is 1. The van der Waals surface area contributed by atoms with Crippen LogP contribution in [0.2, 0.25) is 5.02 Å². The smallest absolute Gasteiger partial charge is 0.341 e. The fourth-order valence-corrected chi connectivity index (χ4v) is 5.94. The minimum absolute atomic E-state index is 0.0688. The Hall–Kier alpha value is -3.69. The number of phenolic OH excluding ortho intramolecular Hbond substituents is 1. The number of carbonyl (C=O) groups excluding carboxylic acids is 1. The van der Waals surface area contributed by atoms with Crippen molar-refractivity contribution in [2.45, 2.75) is 35.8 Å². The van der Waals surface area contributed by atoms with Crippen LogP contribution in [0, 0.1) is 0 Å². The molecular weight excluding hydrogens is 562 g/mol. The lowest BCUT2D eigenvalue weighted by molar-refractivity contribution is 0.0522. The highest BCUT2D eigenvalue weighted by atomic mass is 35.5. The zero-order chi connectivity index (χ0) is 29.4. The molecule has 0 bridgehead atoms. The van der Waals surface area contributed by atoms with Crippen LogP contribution in [0.3, 0.4) is 0 Å². The Kier molecular flexibility index (Phi) is 10.2. The molecule has 214 valence electrons. The third-order valence-electron chi connectivity index (χ3n) is 6.64. The molecule has 9 heteroatoms. The summed E-state index contributed by atoms with van der Waals surface area (Å²) in [6.07, 6.45) is -0.100. The van der Waals surface area contributed by atoms with E-state index in [1.165, 1.54) is 24.3 Å². The molecule has 4 aromatic rings. The van der Waals surface area contributed by atoms with E-state index < -0.39 is 21.9 Å². The summed E-state index contributed by atoms with van der Waals surface area (Å²) in [5.41, 5.74) is 2.58. The number of aliphatic hydroxyl groups is 1. The maximum absolute atomic E-state index is 13.3. The van der Waals surface area contributed by atoms with Crippen LogP contribution < -0.4 is 0 Å². The number of nitrogens with zero attached hydrogens (tertiary/aromatic N) is 1. The summed E-state index contributed by atoms with van der Waals surface area (Å²) in [5.74, 6) is -1.14. The molecule has 0 aromatic heterocycles. The normalized spacial score (nSPS) is 12.3. The van der Waals surface area contributed by atoms with E-state index in [2.05, 4.69) is 4.90 Å². The number of hydrogen-bond donors (Lipinski definition) is 2. The lowest BCUT2D eigenvalue weighted by Crippen LogP contribution is -2.30. The van der Waals surface area contributed by atoms with Crippen LogP contribution in [-0.2, 0) is 27.5 Å². The molecular formula is C32H32ClNO6S. The van der Waals surface area contributed by atoms with Crippen molar-refractivity contribution in [1.29, 1.82) is 0 Å². The molecule has 41 heavy (non-hydrogen) atoms. The summed E-state index contributed by atoms with van der Waals surface area (Å²) in [6.45, 7) is 3.37. The molecule has 0 aliphatic heterocycles. The number of aromatic hydroxyl groups is 1. The van der Waals surface area contributed by atoms with Crippen LogP contribution in [0.25, 0.3) is 0 Å². The maximum atomic E-state index is 13.3. The van der Waals surface area contributed by atoms with E-state index in [-0.39, 0.29) is 27.7 Å². The molecule has 0 amide bonds. The van der Waals surface area contributed by atoms with Crippen molar-refractivity contribution in [2.24, 2.45) is 0 Å². The molecule has 0 aliphatic rings. The third-order valence-corrected chi connectivity index (χ3v) is 8.64. The van der Waals surface area contributed by atoms with Gasteiger partial charge in [-0.1, -0.05) is 66.2 Å². The fraction of sp³-hybridized carbons (Fsp3) is 0.219. The van der Waals surface area contributed by atoms with Crippen LogP contribution in [0.5, 0.6) is 5.75 Å². The number of carbonyl (C=O) groups is 1. The van der Waals surface area contributed by atoms with Crippen molar-refractivity contribution in [1.82, 2.24) is 4.90 Å². The largest absolute Gasteiger partial charge is 0.507 e. The highest BCUT2D eigenvalue weighted by Gasteiger charge is 2.22. The van der Waals surface area contributed by atoms with Gasteiger partial charge in [0.15, 0.2) is 0 Å². The van der Waals surface area contributed by atoms with Crippen molar-refractivity contribution in [3.8, 4) is 5.75 Å². The van der Waals surface area contributed by atoms with Gasteiger partial charge >= 0.3 is 5.97 Å².